The van der Waals surface area contributed by atoms with E-state index in [9.17, 15) is 0 Å². The summed E-state index contributed by atoms with van der Waals surface area (Å²) in [7, 11) is 3.48. The second-order valence-electron chi connectivity index (χ2n) is 6.52. The first-order valence-corrected chi connectivity index (χ1v) is 9.38. The third-order valence-electron chi connectivity index (χ3n) is 3.55. The van der Waals surface area contributed by atoms with Crippen LogP contribution in [0.3, 0.4) is 0 Å². The lowest BCUT2D eigenvalue weighted by molar-refractivity contribution is 0.108. The Morgan fingerprint density at radius 1 is 1.11 bits per heavy atom. The molecule has 0 heterocycles. The minimum absolute atomic E-state index is 0. The molecule has 0 radical (unpaired) electrons. The van der Waals surface area contributed by atoms with Crippen LogP contribution >= 0.6 is 24.0 Å². The van der Waals surface area contributed by atoms with E-state index in [4.69, 9.17) is 14.2 Å². The molecule has 0 aliphatic rings. The quantitative estimate of drug-likeness (QED) is 0.191. The number of hydrogen-bond donors (Lipinski definition) is 2. The molecule has 156 valence electrons. The monoisotopic (exact) mass is 493 g/mol. The smallest absolute Gasteiger partial charge is 0.191 e. The third kappa shape index (κ3) is 13.7. The number of ether oxygens (including phenoxy) is 3. The second-order valence-corrected chi connectivity index (χ2v) is 6.52. The van der Waals surface area contributed by atoms with Crippen LogP contribution in [-0.2, 0) is 16.0 Å². The number of hydrogen-bond acceptors (Lipinski definition) is 4. The first kappa shape index (κ1) is 25.9. The van der Waals surface area contributed by atoms with E-state index in [1.807, 2.05) is 18.2 Å². The summed E-state index contributed by atoms with van der Waals surface area (Å²) in [6.07, 6.45) is 1.84. The highest BCUT2D eigenvalue weighted by Gasteiger charge is 2.01. The topological polar surface area (TPSA) is 64.1 Å². The van der Waals surface area contributed by atoms with E-state index in [0.717, 1.165) is 49.9 Å². The van der Waals surface area contributed by atoms with Crippen LogP contribution in [0.4, 0.5) is 0 Å². The fourth-order valence-corrected chi connectivity index (χ4v) is 2.24. The van der Waals surface area contributed by atoms with Crippen LogP contribution in [0.1, 0.15) is 32.3 Å². The average molecular weight is 493 g/mol. The highest BCUT2D eigenvalue weighted by molar-refractivity contribution is 14.0. The van der Waals surface area contributed by atoms with Gasteiger partial charge in [0.05, 0.1) is 6.61 Å². The highest BCUT2D eigenvalue weighted by Crippen LogP contribution is 2.13. The molecule has 2 N–H and O–H groups in total. The van der Waals surface area contributed by atoms with Gasteiger partial charge in [-0.3, -0.25) is 4.99 Å². The molecule has 0 amide bonds. The molecule has 0 unspecified atom stereocenters. The van der Waals surface area contributed by atoms with Gasteiger partial charge in [-0.1, -0.05) is 26.0 Å². The number of aliphatic imine (C=N–C) groups is 1. The Balaban J connectivity index is 0.00000676. The maximum atomic E-state index is 5.73. The SMILES string of the molecule is CN=C(NCCCOCC(C)C)NCc1cccc(OCCCOC)c1.I. The van der Waals surface area contributed by atoms with E-state index in [1.165, 1.54) is 0 Å². The lowest BCUT2D eigenvalue weighted by Gasteiger charge is -2.13. The zero-order valence-electron chi connectivity index (χ0n) is 17.1. The molecule has 0 fully saturated rings. The summed E-state index contributed by atoms with van der Waals surface area (Å²) in [5.41, 5.74) is 1.15. The fourth-order valence-electron chi connectivity index (χ4n) is 2.24. The van der Waals surface area contributed by atoms with Crippen molar-refractivity contribution in [2.24, 2.45) is 10.9 Å². The summed E-state index contributed by atoms with van der Waals surface area (Å²) in [6.45, 7) is 8.80. The van der Waals surface area contributed by atoms with Gasteiger partial charge in [0.25, 0.3) is 0 Å². The predicted molar refractivity (Wildman–Crippen MR) is 122 cm³/mol. The molecule has 27 heavy (non-hydrogen) atoms. The molecule has 6 nitrogen and oxygen atoms in total. The van der Waals surface area contributed by atoms with Crippen molar-refractivity contribution in [3.63, 3.8) is 0 Å². The predicted octanol–water partition coefficient (Wildman–Crippen LogP) is 3.45. The molecular weight excluding hydrogens is 457 g/mol. The lowest BCUT2D eigenvalue weighted by atomic mass is 10.2. The summed E-state index contributed by atoms with van der Waals surface area (Å²) in [5.74, 6) is 2.25. The van der Waals surface area contributed by atoms with E-state index in [1.54, 1.807) is 14.2 Å². The Labute approximate surface area is 181 Å². The van der Waals surface area contributed by atoms with Crippen molar-refractivity contribution in [3.05, 3.63) is 29.8 Å². The Hall–Kier alpha value is -1.06. The van der Waals surface area contributed by atoms with E-state index in [0.29, 0.717) is 25.7 Å². The largest absolute Gasteiger partial charge is 0.493 e. The van der Waals surface area contributed by atoms with Crippen molar-refractivity contribution in [2.45, 2.75) is 33.2 Å². The Morgan fingerprint density at radius 2 is 1.93 bits per heavy atom. The van der Waals surface area contributed by atoms with E-state index in [2.05, 4.69) is 35.5 Å². The van der Waals surface area contributed by atoms with Crippen LogP contribution in [0.15, 0.2) is 29.3 Å². The van der Waals surface area contributed by atoms with E-state index < -0.39 is 0 Å². The molecule has 0 aromatic heterocycles. The summed E-state index contributed by atoms with van der Waals surface area (Å²) in [4.78, 5) is 4.25. The van der Waals surface area contributed by atoms with Crippen LogP contribution in [0.5, 0.6) is 5.75 Å². The Morgan fingerprint density at radius 3 is 2.63 bits per heavy atom. The standard InChI is InChI=1S/C20H35N3O3.HI/c1-17(2)16-25-12-6-10-22-20(21-3)23-15-18-8-5-9-19(14-18)26-13-7-11-24-4;/h5,8-9,14,17H,6-7,10-13,15-16H2,1-4H3,(H2,21,22,23);1H. The normalized spacial score (nSPS) is 11.2. The minimum atomic E-state index is 0. The number of methoxy groups -OCH3 is 1. The van der Waals surface area contributed by atoms with Gasteiger partial charge in [0.1, 0.15) is 5.75 Å². The van der Waals surface area contributed by atoms with Crippen molar-refractivity contribution in [2.75, 3.05) is 47.1 Å². The number of nitrogens with zero attached hydrogens (tertiary/aromatic N) is 1. The van der Waals surface area contributed by atoms with Gasteiger partial charge in [-0.15, -0.1) is 24.0 Å². The highest BCUT2D eigenvalue weighted by atomic mass is 127. The van der Waals surface area contributed by atoms with Crippen LogP contribution < -0.4 is 15.4 Å². The second kappa shape index (κ2) is 17.1. The average Bonchev–Trinajstić information content (AvgIpc) is 2.64. The van der Waals surface area contributed by atoms with Gasteiger partial charge < -0.3 is 24.8 Å². The zero-order valence-corrected chi connectivity index (χ0v) is 19.5. The van der Waals surface area contributed by atoms with Crippen molar-refractivity contribution < 1.29 is 14.2 Å². The number of nitrogens with one attached hydrogen (secondary N) is 2. The van der Waals surface area contributed by atoms with Crippen LogP contribution in [0.25, 0.3) is 0 Å². The van der Waals surface area contributed by atoms with Crippen molar-refractivity contribution in [1.29, 1.82) is 0 Å². The molecule has 0 atom stereocenters. The fraction of sp³-hybridized carbons (Fsp3) is 0.650. The van der Waals surface area contributed by atoms with Gasteiger partial charge in [-0.2, -0.15) is 0 Å². The summed E-state index contributed by atoms with van der Waals surface area (Å²) < 4.78 is 16.3. The van der Waals surface area contributed by atoms with Gasteiger partial charge in [-0.05, 0) is 30.0 Å². The van der Waals surface area contributed by atoms with Crippen molar-refractivity contribution in [1.82, 2.24) is 10.6 Å². The molecule has 0 aliphatic heterocycles. The number of rotatable bonds is 13. The molecule has 0 aliphatic carbocycles. The maximum Gasteiger partial charge on any atom is 0.191 e. The number of halogens is 1. The number of benzene rings is 1. The van der Waals surface area contributed by atoms with Crippen LogP contribution in [0.2, 0.25) is 0 Å². The first-order chi connectivity index (χ1) is 12.7. The van der Waals surface area contributed by atoms with Gasteiger partial charge in [0, 0.05) is 53.5 Å². The molecule has 1 aromatic rings. The Bertz CT molecular complexity index is 513. The van der Waals surface area contributed by atoms with Gasteiger partial charge in [0.15, 0.2) is 5.96 Å². The summed E-state index contributed by atoms with van der Waals surface area (Å²) in [5, 5.41) is 6.63. The minimum Gasteiger partial charge on any atom is -0.493 e. The van der Waals surface area contributed by atoms with Gasteiger partial charge >= 0.3 is 0 Å². The van der Waals surface area contributed by atoms with Crippen molar-refractivity contribution >= 4 is 29.9 Å². The molecule has 1 aromatic carbocycles. The van der Waals surface area contributed by atoms with E-state index in [-0.39, 0.29) is 24.0 Å². The molecule has 0 saturated heterocycles. The molecule has 0 saturated carbocycles. The summed E-state index contributed by atoms with van der Waals surface area (Å²) in [6, 6.07) is 8.10. The first-order valence-electron chi connectivity index (χ1n) is 9.38. The molecule has 0 bridgehead atoms. The Kier molecular flexibility index (Phi) is 16.4. The van der Waals surface area contributed by atoms with Crippen molar-refractivity contribution in [3.8, 4) is 5.75 Å². The molecule has 7 heteroatoms. The summed E-state index contributed by atoms with van der Waals surface area (Å²) >= 11 is 0. The van der Waals surface area contributed by atoms with E-state index >= 15 is 0 Å². The van der Waals surface area contributed by atoms with Crippen LogP contribution in [-0.4, -0.2) is 53.1 Å². The molecule has 1 rings (SSSR count). The third-order valence-corrected chi connectivity index (χ3v) is 3.55. The number of guanidine groups is 1. The van der Waals surface area contributed by atoms with Gasteiger partial charge in [0.2, 0.25) is 0 Å². The van der Waals surface area contributed by atoms with Gasteiger partial charge in [-0.25, -0.2) is 0 Å². The maximum absolute atomic E-state index is 5.73. The van der Waals surface area contributed by atoms with Crippen LogP contribution in [0, 0.1) is 5.92 Å². The molecular formula is C20H36IN3O3. The lowest BCUT2D eigenvalue weighted by Crippen LogP contribution is -2.37. The zero-order chi connectivity index (χ0) is 19.0. The molecule has 0 spiro atoms.